The second-order valence-electron chi connectivity index (χ2n) is 11.6. The fourth-order valence-electron chi connectivity index (χ4n) is 5.18. The lowest BCUT2D eigenvalue weighted by atomic mass is 9.82. The Morgan fingerprint density at radius 3 is 2.13 bits per heavy atom. The van der Waals surface area contributed by atoms with Crippen LogP contribution >= 0.6 is 0 Å². The largest absolute Gasteiger partial charge is 0.481 e. The highest BCUT2D eigenvalue weighted by Crippen LogP contribution is 2.41. The SMILES string of the molecule is COCC(COC)N(C(=O)C1CCC(C)CC1)c1cc(F)c(Oc2ncc(C(C)(C)C(=O)O)cc2C(F)(F)F)cc1C(=O)OC. The first-order valence-corrected chi connectivity index (χ1v) is 14.3. The Morgan fingerprint density at radius 1 is 1.02 bits per heavy atom. The molecule has 1 aromatic carbocycles. The van der Waals surface area contributed by atoms with Gasteiger partial charge in [-0.15, -0.1) is 0 Å². The zero-order valence-electron chi connectivity index (χ0n) is 26.0. The van der Waals surface area contributed by atoms with Gasteiger partial charge in [-0.25, -0.2) is 14.2 Å². The number of rotatable bonds is 12. The Morgan fingerprint density at radius 2 is 1.62 bits per heavy atom. The third-order valence-electron chi connectivity index (χ3n) is 8.02. The smallest absolute Gasteiger partial charge is 0.421 e. The van der Waals surface area contributed by atoms with Crippen LogP contribution in [0.1, 0.15) is 67.9 Å². The van der Waals surface area contributed by atoms with Crippen LogP contribution in [0.5, 0.6) is 11.6 Å². The minimum Gasteiger partial charge on any atom is -0.481 e. The van der Waals surface area contributed by atoms with Crippen molar-refractivity contribution in [3.8, 4) is 11.6 Å². The summed E-state index contributed by atoms with van der Waals surface area (Å²) < 4.78 is 78.8. The lowest BCUT2D eigenvalue weighted by Gasteiger charge is -2.36. The zero-order valence-corrected chi connectivity index (χ0v) is 26.0. The van der Waals surface area contributed by atoms with E-state index in [-0.39, 0.29) is 30.0 Å². The van der Waals surface area contributed by atoms with Crippen molar-refractivity contribution in [3.05, 3.63) is 46.9 Å². The van der Waals surface area contributed by atoms with Gasteiger partial charge in [-0.1, -0.05) is 6.92 Å². The number of aromatic nitrogens is 1. The van der Waals surface area contributed by atoms with E-state index >= 15 is 4.39 Å². The number of nitrogens with zero attached hydrogens (tertiary/aromatic N) is 2. The van der Waals surface area contributed by atoms with Gasteiger partial charge in [-0.05, 0) is 57.1 Å². The first-order chi connectivity index (χ1) is 21.1. The Labute approximate surface area is 258 Å². The van der Waals surface area contributed by atoms with Crippen LogP contribution in [0.25, 0.3) is 0 Å². The first-order valence-electron chi connectivity index (χ1n) is 14.3. The number of hydrogen-bond donors (Lipinski definition) is 1. The average molecular weight is 643 g/mol. The summed E-state index contributed by atoms with van der Waals surface area (Å²) in [5.74, 6) is -5.89. The van der Waals surface area contributed by atoms with E-state index < -0.39 is 64.4 Å². The minimum atomic E-state index is -5.07. The van der Waals surface area contributed by atoms with Gasteiger partial charge in [0.15, 0.2) is 11.6 Å². The van der Waals surface area contributed by atoms with Crippen LogP contribution in [0.4, 0.5) is 23.2 Å². The number of anilines is 1. The third kappa shape index (κ3) is 8.09. The summed E-state index contributed by atoms with van der Waals surface area (Å²) >= 11 is 0. The fraction of sp³-hybridized carbons (Fsp3) is 0.548. The molecule has 2 aromatic rings. The van der Waals surface area contributed by atoms with Gasteiger partial charge < -0.3 is 29.0 Å². The van der Waals surface area contributed by atoms with Crippen LogP contribution < -0.4 is 9.64 Å². The molecule has 14 heteroatoms. The molecule has 45 heavy (non-hydrogen) atoms. The fourth-order valence-corrected chi connectivity index (χ4v) is 5.18. The second kappa shape index (κ2) is 14.5. The molecule has 0 saturated heterocycles. The highest BCUT2D eigenvalue weighted by molar-refractivity contribution is 6.04. The summed E-state index contributed by atoms with van der Waals surface area (Å²) in [6.45, 7) is 4.41. The van der Waals surface area contributed by atoms with Crippen molar-refractivity contribution in [2.45, 2.75) is 64.1 Å². The van der Waals surface area contributed by atoms with Gasteiger partial charge in [0, 0.05) is 38.5 Å². The number of aliphatic carboxylic acids is 1. The lowest BCUT2D eigenvalue weighted by Crippen LogP contribution is -2.49. The molecule has 1 aromatic heterocycles. The molecule has 1 aliphatic carbocycles. The van der Waals surface area contributed by atoms with Gasteiger partial charge >= 0.3 is 18.1 Å². The number of carboxylic acid groups (broad SMARTS) is 1. The standard InChI is InChI=1S/C31H38F4N2O8/c1-17-7-9-18(10-8-17)27(38)37(20(15-42-4)16-43-5)24-13-23(32)25(12-21(24)28(39)44-6)45-26-22(31(33,34)35)11-19(14-36-26)30(2,3)29(40)41/h11-14,17-18,20H,7-10,15-16H2,1-6H3,(H,40,41). The van der Waals surface area contributed by atoms with Crippen molar-refractivity contribution in [3.63, 3.8) is 0 Å². The number of amides is 1. The van der Waals surface area contributed by atoms with E-state index in [9.17, 15) is 32.7 Å². The maximum atomic E-state index is 15.8. The topological polar surface area (TPSA) is 124 Å². The Kier molecular flexibility index (Phi) is 11.5. The van der Waals surface area contributed by atoms with E-state index in [1.165, 1.54) is 33.0 Å². The molecule has 1 saturated carbocycles. The van der Waals surface area contributed by atoms with E-state index in [4.69, 9.17) is 18.9 Å². The summed E-state index contributed by atoms with van der Waals surface area (Å²) in [5, 5.41) is 9.47. The van der Waals surface area contributed by atoms with Crippen LogP contribution in [0.3, 0.4) is 0 Å². The lowest BCUT2D eigenvalue weighted by molar-refractivity contribution is -0.143. The number of pyridine rings is 1. The molecule has 1 amide bonds. The molecule has 0 radical (unpaired) electrons. The maximum Gasteiger partial charge on any atom is 0.421 e. The van der Waals surface area contributed by atoms with Crippen molar-refractivity contribution >= 4 is 23.5 Å². The second-order valence-corrected chi connectivity index (χ2v) is 11.6. The molecular formula is C31H38F4N2O8. The van der Waals surface area contributed by atoms with E-state index in [1.807, 2.05) is 0 Å². The number of alkyl halides is 3. The van der Waals surface area contributed by atoms with E-state index in [0.29, 0.717) is 24.8 Å². The van der Waals surface area contributed by atoms with E-state index in [0.717, 1.165) is 38.3 Å². The maximum absolute atomic E-state index is 15.8. The summed E-state index contributed by atoms with van der Waals surface area (Å²) in [7, 11) is 3.86. The van der Waals surface area contributed by atoms with Crippen molar-refractivity contribution in [2.24, 2.45) is 11.8 Å². The molecule has 0 aliphatic heterocycles. The van der Waals surface area contributed by atoms with Gasteiger partial charge in [-0.2, -0.15) is 13.2 Å². The highest BCUT2D eigenvalue weighted by atomic mass is 19.4. The monoisotopic (exact) mass is 642 g/mol. The number of carbonyl (C=O) groups excluding carboxylic acids is 2. The molecule has 1 N–H and O–H groups in total. The molecule has 248 valence electrons. The average Bonchev–Trinajstić information content (AvgIpc) is 2.98. The number of halogens is 4. The third-order valence-corrected chi connectivity index (χ3v) is 8.02. The van der Waals surface area contributed by atoms with Gasteiger partial charge in [-0.3, -0.25) is 9.59 Å². The summed E-state index contributed by atoms with van der Waals surface area (Å²) in [6.07, 6.45) is -1.45. The normalized spacial score (nSPS) is 17.2. The van der Waals surface area contributed by atoms with Crippen molar-refractivity contribution < 1.29 is 56.0 Å². The molecule has 0 unspecified atom stereocenters. The van der Waals surface area contributed by atoms with E-state index in [2.05, 4.69) is 11.9 Å². The number of carboxylic acids is 1. The Balaban J connectivity index is 2.18. The number of methoxy groups -OCH3 is 3. The molecule has 1 fully saturated rings. The summed E-state index contributed by atoms with van der Waals surface area (Å²) in [6, 6.07) is 1.42. The Hall–Kier alpha value is -3.78. The van der Waals surface area contributed by atoms with Gasteiger partial charge in [0.2, 0.25) is 11.8 Å². The predicted octanol–water partition coefficient (Wildman–Crippen LogP) is 6.00. The van der Waals surface area contributed by atoms with Gasteiger partial charge in [0.25, 0.3) is 0 Å². The molecule has 0 bridgehead atoms. The highest BCUT2D eigenvalue weighted by Gasteiger charge is 2.40. The van der Waals surface area contributed by atoms with Crippen molar-refractivity contribution in [2.75, 3.05) is 39.4 Å². The zero-order chi connectivity index (χ0) is 33.7. The molecule has 0 atom stereocenters. The molecule has 10 nitrogen and oxygen atoms in total. The number of carbonyl (C=O) groups is 3. The number of benzene rings is 1. The molecule has 1 aliphatic rings. The van der Waals surface area contributed by atoms with Crippen molar-refractivity contribution in [1.82, 2.24) is 4.98 Å². The van der Waals surface area contributed by atoms with Gasteiger partial charge in [0.1, 0.15) is 5.56 Å². The number of esters is 1. The molecule has 1 heterocycles. The van der Waals surface area contributed by atoms with Crippen LogP contribution in [0.2, 0.25) is 0 Å². The number of ether oxygens (including phenoxy) is 4. The van der Waals surface area contributed by atoms with Crippen LogP contribution in [0.15, 0.2) is 24.4 Å². The first kappa shape index (κ1) is 35.7. The minimum absolute atomic E-state index is 0.0406. The van der Waals surface area contributed by atoms with Crippen LogP contribution in [-0.4, -0.2) is 68.5 Å². The molecule has 0 spiro atoms. The number of hydrogen-bond acceptors (Lipinski definition) is 8. The summed E-state index contributed by atoms with van der Waals surface area (Å²) in [4.78, 5) is 43.6. The Bertz CT molecular complexity index is 1380. The molecular weight excluding hydrogens is 604 g/mol. The van der Waals surface area contributed by atoms with Crippen LogP contribution in [-0.2, 0) is 35.4 Å². The summed E-state index contributed by atoms with van der Waals surface area (Å²) in [5.41, 5.74) is -4.02. The molecule has 3 rings (SSSR count). The van der Waals surface area contributed by atoms with Crippen molar-refractivity contribution in [1.29, 1.82) is 0 Å². The predicted molar refractivity (Wildman–Crippen MR) is 154 cm³/mol. The van der Waals surface area contributed by atoms with Gasteiger partial charge in [0.05, 0.1) is 43.0 Å². The quantitative estimate of drug-likeness (QED) is 0.219. The van der Waals surface area contributed by atoms with Crippen LogP contribution in [0, 0.1) is 17.7 Å². The van der Waals surface area contributed by atoms with E-state index in [1.54, 1.807) is 0 Å².